The van der Waals surface area contributed by atoms with Crippen LogP contribution in [0.1, 0.15) is 12.5 Å². The van der Waals surface area contributed by atoms with Gasteiger partial charge in [-0.25, -0.2) is 0 Å². The third kappa shape index (κ3) is 4.27. The summed E-state index contributed by atoms with van der Waals surface area (Å²) in [5.74, 6) is -0.304. The Hall–Kier alpha value is -1.13. The van der Waals surface area contributed by atoms with Gasteiger partial charge in [-0.1, -0.05) is 30.3 Å². The van der Waals surface area contributed by atoms with E-state index < -0.39 is 6.04 Å². The molecular weight excluding hydrogens is 206 g/mol. The van der Waals surface area contributed by atoms with Crippen LogP contribution >= 0.6 is 0 Å². The van der Waals surface area contributed by atoms with E-state index in [1.165, 1.54) is 0 Å². The fourth-order valence-corrected chi connectivity index (χ4v) is 1.50. The molecule has 0 aromatic heterocycles. The van der Waals surface area contributed by atoms with Gasteiger partial charge < -0.3 is 10.5 Å². The Labute approximate surface area is 93.0 Å². The third-order valence-electron chi connectivity index (χ3n) is 1.95. The van der Waals surface area contributed by atoms with Crippen molar-refractivity contribution in [2.24, 2.45) is 5.73 Å². The van der Waals surface area contributed by atoms with Crippen molar-refractivity contribution >= 4 is 16.2 Å². The van der Waals surface area contributed by atoms with E-state index in [0.29, 0.717) is 6.42 Å². The van der Waals surface area contributed by atoms with Crippen LogP contribution in [0.25, 0.3) is 0 Å². The average molecular weight is 223 g/mol. The monoisotopic (exact) mass is 223 g/mol. The molecular formula is C11H17NO2Si. The zero-order chi connectivity index (χ0) is 11.3. The van der Waals surface area contributed by atoms with Crippen molar-refractivity contribution in [3.63, 3.8) is 0 Å². The first-order valence-electron chi connectivity index (χ1n) is 5.09. The lowest BCUT2D eigenvalue weighted by Gasteiger charge is -2.13. The number of carbonyl (C=O) groups is 1. The van der Waals surface area contributed by atoms with Gasteiger partial charge in [0.1, 0.15) is 6.04 Å². The van der Waals surface area contributed by atoms with Gasteiger partial charge in [-0.05, 0) is 18.9 Å². The maximum Gasteiger partial charge on any atom is 0.323 e. The molecule has 2 atom stereocenters. The summed E-state index contributed by atoms with van der Waals surface area (Å²) in [6.45, 7) is 1.87. The number of rotatable bonds is 4. The predicted octanol–water partition coefficient (Wildman–Crippen LogP) is -0.189. The van der Waals surface area contributed by atoms with Crippen LogP contribution in [-0.2, 0) is 16.0 Å². The van der Waals surface area contributed by atoms with Crippen molar-refractivity contribution in [3.8, 4) is 0 Å². The summed E-state index contributed by atoms with van der Waals surface area (Å²) in [6.07, 6.45) is 0.536. The molecule has 1 rings (SSSR count). The molecule has 4 heteroatoms. The van der Waals surface area contributed by atoms with Crippen LogP contribution in [0.4, 0.5) is 0 Å². The van der Waals surface area contributed by atoms with Gasteiger partial charge in [0.2, 0.25) is 0 Å². The maximum atomic E-state index is 11.4. The Bertz CT molecular complexity index is 314. The molecule has 0 saturated heterocycles. The lowest BCUT2D eigenvalue weighted by Crippen LogP contribution is -2.36. The van der Waals surface area contributed by atoms with Crippen LogP contribution in [0.2, 0.25) is 0 Å². The maximum absolute atomic E-state index is 11.4. The summed E-state index contributed by atoms with van der Waals surface area (Å²) >= 11 is 0. The summed E-state index contributed by atoms with van der Waals surface area (Å²) in [5, 5.41) is 0. The van der Waals surface area contributed by atoms with E-state index in [1.807, 2.05) is 37.3 Å². The molecule has 0 aliphatic rings. The second-order valence-electron chi connectivity index (χ2n) is 3.78. The van der Waals surface area contributed by atoms with Crippen molar-refractivity contribution in [1.82, 2.24) is 0 Å². The zero-order valence-corrected chi connectivity index (χ0v) is 11.1. The first-order valence-corrected chi connectivity index (χ1v) is 6.25. The van der Waals surface area contributed by atoms with Gasteiger partial charge in [-0.15, -0.1) is 0 Å². The number of ether oxygens (including phenoxy) is 1. The van der Waals surface area contributed by atoms with Crippen LogP contribution in [0.3, 0.4) is 0 Å². The highest BCUT2D eigenvalue weighted by atomic mass is 28.1. The molecule has 0 bridgehead atoms. The highest BCUT2D eigenvalue weighted by Gasteiger charge is 2.16. The Morgan fingerprint density at radius 1 is 1.47 bits per heavy atom. The predicted molar refractivity (Wildman–Crippen MR) is 63.6 cm³/mol. The first kappa shape index (κ1) is 11.9. The lowest BCUT2D eigenvalue weighted by atomic mass is 10.1. The quantitative estimate of drug-likeness (QED) is 0.569. The molecule has 0 aliphatic carbocycles. The van der Waals surface area contributed by atoms with Crippen molar-refractivity contribution in [2.45, 2.75) is 25.1 Å². The molecule has 0 fully saturated rings. The summed E-state index contributed by atoms with van der Waals surface area (Å²) in [4.78, 5) is 11.4. The number of hydrogen-bond acceptors (Lipinski definition) is 3. The van der Waals surface area contributed by atoms with Crippen LogP contribution in [-0.4, -0.2) is 28.0 Å². The molecule has 0 saturated carbocycles. The van der Waals surface area contributed by atoms with Gasteiger partial charge in [-0.3, -0.25) is 4.79 Å². The molecule has 82 valence electrons. The average Bonchev–Trinajstić information content (AvgIpc) is 2.18. The Balaban J connectivity index is 2.49. The highest BCUT2D eigenvalue weighted by Crippen LogP contribution is 2.03. The fourth-order valence-electron chi connectivity index (χ4n) is 1.27. The van der Waals surface area contributed by atoms with Crippen LogP contribution in [0.15, 0.2) is 30.3 Å². The van der Waals surface area contributed by atoms with E-state index >= 15 is 0 Å². The van der Waals surface area contributed by atoms with Gasteiger partial charge >= 0.3 is 5.97 Å². The van der Waals surface area contributed by atoms with Crippen molar-refractivity contribution in [3.05, 3.63) is 35.9 Å². The van der Waals surface area contributed by atoms with Gasteiger partial charge in [-0.2, -0.15) is 0 Å². The normalized spacial score (nSPS) is 14.5. The SMILES string of the molecule is CC([SiH3])OC(=O)C(N)Cc1ccccc1. The minimum Gasteiger partial charge on any atom is -0.466 e. The van der Waals surface area contributed by atoms with E-state index in [-0.39, 0.29) is 11.7 Å². The molecule has 2 N–H and O–H groups in total. The van der Waals surface area contributed by atoms with Gasteiger partial charge in [0.25, 0.3) is 0 Å². The number of carbonyl (C=O) groups excluding carboxylic acids is 1. The Morgan fingerprint density at radius 2 is 2.07 bits per heavy atom. The largest absolute Gasteiger partial charge is 0.466 e. The molecule has 1 aromatic rings. The van der Waals surface area contributed by atoms with Gasteiger partial charge in [0, 0.05) is 0 Å². The van der Waals surface area contributed by atoms with Gasteiger partial charge in [0.05, 0.1) is 16.0 Å². The van der Waals surface area contributed by atoms with Crippen molar-refractivity contribution in [2.75, 3.05) is 0 Å². The minimum atomic E-state index is -0.552. The number of benzene rings is 1. The molecule has 0 amide bonds. The lowest BCUT2D eigenvalue weighted by molar-refractivity contribution is -0.146. The van der Waals surface area contributed by atoms with Gasteiger partial charge in [0.15, 0.2) is 0 Å². The number of hydrogen-bond donors (Lipinski definition) is 1. The van der Waals surface area contributed by atoms with Crippen LogP contribution < -0.4 is 5.73 Å². The fraction of sp³-hybridized carbons (Fsp3) is 0.364. The molecule has 0 aliphatic heterocycles. The molecule has 15 heavy (non-hydrogen) atoms. The number of esters is 1. The Morgan fingerprint density at radius 3 is 2.60 bits per heavy atom. The molecule has 0 heterocycles. The van der Waals surface area contributed by atoms with Crippen LogP contribution in [0.5, 0.6) is 0 Å². The third-order valence-corrected chi connectivity index (χ3v) is 2.19. The van der Waals surface area contributed by atoms with E-state index in [9.17, 15) is 4.79 Å². The summed E-state index contributed by atoms with van der Waals surface area (Å²) in [6, 6.07) is 9.16. The van der Waals surface area contributed by atoms with E-state index in [4.69, 9.17) is 10.5 Å². The standard InChI is InChI=1S/C11H17NO2Si/c1-8(15)14-11(13)10(12)7-9-5-3-2-4-6-9/h2-6,8,10H,7,12H2,1,15H3. The van der Waals surface area contributed by atoms with Crippen molar-refractivity contribution < 1.29 is 9.53 Å². The Kier molecular flexibility index (Phi) is 4.52. The van der Waals surface area contributed by atoms with Crippen LogP contribution in [0, 0.1) is 0 Å². The van der Waals surface area contributed by atoms with E-state index in [1.54, 1.807) is 0 Å². The smallest absolute Gasteiger partial charge is 0.323 e. The number of nitrogens with two attached hydrogens (primary N) is 1. The second kappa shape index (κ2) is 5.68. The molecule has 1 aromatic carbocycles. The van der Waals surface area contributed by atoms with Crippen molar-refractivity contribution in [1.29, 1.82) is 0 Å². The molecule has 0 radical (unpaired) electrons. The summed E-state index contributed by atoms with van der Waals surface area (Å²) in [5.41, 5.74) is 6.82. The molecule has 2 unspecified atom stereocenters. The first-order chi connectivity index (χ1) is 7.09. The summed E-state index contributed by atoms with van der Waals surface area (Å²) in [7, 11) is 0.837. The highest BCUT2D eigenvalue weighted by molar-refractivity contribution is 6.11. The minimum absolute atomic E-state index is 0.0272. The van der Waals surface area contributed by atoms with E-state index in [2.05, 4.69) is 0 Å². The zero-order valence-electron chi connectivity index (χ0n) is 9.14. The topological polar surface area (TPSA) is 52.3 Å². The second-order valence-corrected chi connectivity index (χ2v) is 5.41. The molecule has 0 spiro atoms. The summed E-state index contributed by atoms with van der Waals surface area (Å²) < 4.78 is 5.08. The van der Waals surface area contributed by atoms with E-state index in [0.717, 1.165) is 15.8 Å². The molecule has 3 nitrogen and oxygen atoms in total.